The number of hydrogen-bond donors (Lipinski definition) is 1. The first kappa shape index (κ1) is 21.2. The maximum Gasteiger partial charge on any atom is 0.339 e. The van der Waals surface area contributed by atoms with Gasteiger partial charge in [-0.2, -0.15) is 0 Å². The van der Waals surface area contributed by atoms with Crippen LogP contribution in [0.3, 0.4) is 0 Å². The van der Waals surface area contributed by atoms with Gasteiger partial charge in [0.05, 0.1) is 29.1 Å². The molecule has 33 heavy (non-hydrogen) atoms. The van der Waals surface area contributed by atoms with Gasteiger partial charge in [0.1, 0.15) is 5.76 Å². The minimum absolute atomic E-state index is 0.142. The van der Waals surface area contributed by atoms with Gasteiger partial charge >= 0.3 is 5.97 Å². The quantitative estimate of drug-likeness (QED) is 0.391. The summed E-state index contributed by atoms with van der Waals surface area (Å²) < 4.78 is 10.9. The summed E-state index contributed by atoms with van der Waals surface area (Å²) in [7, 11) is 0. The van der Waals surface area contributed by atoms with E-state index in [1.54, 1.807) is 17.6 Å². The second-order valence-corrected chi connectivity index (χ2v) is 8.88. The lowest BCUT2D eigenvalue weighted by Gasteiger charge is -2.14. The van der Waals surface area contributed by atoms with Crippen LogP contribution >= 0.6 is 11.3 Å². The molecule has 6 nitrogen and oxygen atoms in total. The van der Waals surface area contributed by atoms with Gasteiger partial charge in [0.25, 0.3) is 5.91 Å². The number of nitrogens with zero attached hydrogens (tertiary/aromatic N) is 1. The van der Waals surface area contributed by atoms with Crippen LogP contribution in [0, 0.1) is 0 Å². The number of ether oxygens (including phenoxy) is 1. The third-order valence-corrected chi connectivity index (χ3v) is 6.74. The van der Waals surface area contributed by atoms with Gasteiger partial charge in [-0.1, -0.05) is 24.3 Å². The fourth-order valence-electron chi connectivity index (χ4n) is 4.15. The molecule has 1 N–H and O–H groups in total. The molecule has 1 aromatic carbocycles. The van der Waals surface area contributed by atoms with Crippen LogP contribution < -0.4 is 5.32 Å². The summed E-state index contributed by atoms with van der Waals surface area (Å²) in [5.74, 6) is -0.103. The summed E-state index contributed by atoms with van der Waals surface area (Å²) >= 11 is 1.57. The van der Waals surface area contributed by atoms with Crippen LogP contribution in [0.5, 0.6) is 0 Å². The molecule has 7 heteroatoms. The molecule has 166 valence electrons. The monoisotopic (exact) mass is 458 g/mol. The van der Waals surface area contributed by atoms with E-state index in [0.717, 1.165) is 39.3 Å². The lowest BCUT2D eigenvalue weighted by atomic mass is 10.0. The van der Waals surface area contributed by atoms with Crippen LogP contribution in [-0.4, -0.2) is 23.5 Å². The number of benzene rings is 1. The van der Waals surface area contributed by atoms with Gasteiger partial charge in [-0.3, -0.25) is 4.79 Å². The van der Waals surface area contributed by atoms with Gasteiger partial charge in [0.2, 0.25) is 0 Å². The Morgan fingerprint density at radius 1 is 1.18 bits per heavy atom. The van der Waals surface area contributed by atoms with Crippen molar-refractivity contribution < 1.29 is 18.7 Å². The molecule has 1 atom stereocenters. The highest BCUT2D eigenvalue weighted by Gasteiger charge is 2.28. The summed E-state index contributed by atoms with van der Waals surface area (Å²) in [6.07, 6.45) is 5.01. The van der Waals surface area contributed by atoms with E-state index in [2.05, 4.69) is 5.32 Å². The second kappa shape index (κ2) is 9.03. The first-order valence-electron chi connectivity index (χ1n) is 10.8. The largest absolute Gasteiger partial charge is 0.465 e. The normalized spacial score (nSPS) is 14.9. The van der Waals surface area contributed by atoms with Crippen molar-refractivity contribution in [3.63, 3.8) is 0 Å². The Morgan fingerprint density at radius 3 is 2.85 bits per heavy atom. The number of carbonyl (C=O) groups is 2. The number of fused-ring (bicyclic) bond motifs is 2. The second-order valence-electron chi connectivity index (χ2n) is 7.90. The highest BCUT2D eigenvalue weighted by Crippen LogP contribution is 2.37. The molecule has 1 aliphatic rings. The summed E-state index contributed by atoms with van der Waals surface area (Å²) in [4.78, 5) is 31.5. The number of carbonyl (C=O) groups excluding carboxylic acids is 2. The fraction of sp³-hybridized carbons (Fsp3) is 0.192. The van der Waals surface area contributed by atoms with E-state index in [9.17, 15) is 9.59 Å². The first-order chi connectivity index (χ1) is 16.1. The van der Waals surface area contributed by atoms with Crippen molar-refractivity contribution in [2.75, 3.05) is 6.61 Å². The van der Waals surface area contributed by atoms with Crippen molar-refractivity contribution in [3.8, 4) is 0 Å². The molecule has 0 bridgehead atoms. The first-order valence-corrected chi connectivity index (χ1v) is 11.6. The molecular weight excluding hydrogens is 436 g/mol. The van der Waals surface area contributed by atoms with E-state index in [0.29, 0.717) is 17.5 Å². The number of nitrogens with one attached hydrogen (secondary N) is 1. The predicted molar refractivity (Wildman–Crippen MR) is 128 cm³/mol. The van der Waals surface area contributed by atoms with Crippen molar-refractivity contribution in [2.24, 2.45) is 0 Å². The minimum atomic E-state index is -0.511. The topological polar surface area (TPSA) is 81.4 Å². The Morgan fingerprint density at radius 2 is 2.06 bits per heavy atom. The molecule has 0 saturated carbocycles. The Bertz CT molecular complexity index is 1340. The van der Waals surface area contributed by atoms with E-state index < -0.39 is 5.97 Å². The van der Waals surface area contributed by atoms with Crippen molar-refractivity contribution in [1.29, 1.82) is 0 Å². The molecule has 0 fully saturated rings. The average molecular weight is 459 g/mol. The van der Waals surface area contributed by atoms with Gasteiger partial charge in [-0.05, 0) is 66.6 Å². The number of aromatic nitrogens is 1. The van der Waals surface area contributed by atoms with Crippen LogP contribution in [0.2, 0.25) is 0 Å². The van der Waals surface area contributed by atoms with Crippen molar-refractivity contribution >= 4 is 45.8 Å². The third kappa shape index (κ3) is 4.32. The lowest BCUT2D eigenvalue weighted by Crippen LogP contribution is -2.31. The zero-order chi connectivity index (χ0) is 22.8. The van der Waals surface area contributed by atoms with Gasteiger partial charge in [0.15, 0.2) is 6.61 Å². The zero-order valence-electron chi connectivity index (χ0n) is 18.0. The Balaban J connectivity index is 1.40. The number of hydrogen-bond acceptors (Lipinski definition) is 6. The van der Waals surface area contributed by atoms with Gasteiger partial charge in [-0.15, -0.1) is 11.3 Å². The lowest BCUT2D eigenvalue weighted by molar-refractivity contribution is -0.124. The third-order valence-electron chi connectivity index (χ3n) is 5.69. The maximum absolute atomic E-state index is 13.2. The van der Waals surface area contributed by atoms with Gasteiger partial charge in [0, 0.05) is 10.3 Å². The smallest absolute Gasteiger partial charge is 0.339 e. The number of allylic oxidation sites excluding steroid dienone is 1. The molecule has 1 amide bonds. The van der Waals surface area contributed by atoms with Gasteiger partial charge in [-0.25, -0.2) is 9.78 Å². The molecule has 3 aromatic heterocycles. The zero-order valence-corrected chi connectivity index (χ0v) is 18.9. The van der Waals surface area contributed by atoms with Crippen LogP contribution in [0.25, 0.3) is 22.6 Å². The SMILES string of the molecule is CC(NC(=O)COC(=O)c1c2c(nc3ccccc13)/C(=C/c1ccco1)CC2)c1cccs1. The number of amides is 1. The summed E-state index contributed by atoms with van der Waals surface area (Å²) in [6, 6.07) is 15.0. The Kier molecular flexibility index (Phi) is 5.79. The van der Waals surface area contributed by atoms with Crippen LogP contribution in [0.4, 0.5) is 0 Å². The predicted octanol–water partition coefficient (Wildman–Crippen LogP) is 5.41. The summed E-state index contributed by atoms with van der Waals surface area (Å²) in [5, 5.41) is 5.56. The Hall–Kier alpha value is -3.71. The fourth-order valence-corrected chi connectivity index (χ4v) is 4.89. The molecular formula is C26H22N2O4S. The van der Waals surface area contributed by atoms with E-state index >= 15 is 0 Å². The van der Waals surface area contributed by atoms with Crippen molar-refractivity contribution in [1.82, 2.24) is 10.3 Å². The molecule has 1 unspecified atom stereocenters. The number of furan rings is 1. The Labute approximate surface area is 194 Å². The number of esters is 1. The van der Waals surface area contributed by atoms with E-state index in [4.69, 9.17) is 14.1 Å². The summed E-state index contributed by atoms with van der Waals surface area (Å²) in [6.45, 7) is 1.57. The van der Waals surface area contributed by atoms with E-state index in [1.807, 2.05) is 66.9 Å². The number of rotatable bonds is 6. The molecule has 0 spiro atoms. The van der Waals surface area contributed by atoms with Crippen LogP contribution in [0.1, 0.15) is 51.6 Å². The van der Waals surface area contributed by atoms with E-state index in [-0.39, 0.29) is 18.6 Å². The van der Waals surface area contributed by atoms with Gasteiger partial charge < -0.3 is 14.5 Å². The minimum Gasteiger partial charge on any atom is -0.465 e. The molecule has 1 aliphatic carbocycles. The van der Waals surface area contributed by atoms with Crippen molar-refractivity contribution in [3.05, 3.63) is 87.6 Å². The molecule has 4 aromatic rings. The van der Waals surface area contributed by atoms with Crippen LogP contribution in [-0.2, 0) is 16.0 Å². The molecule has 5 rings (SSSR count). The number of thiophene rings is 1. The highest BCUT2D eigenvalue weighted by atomic mass is 32.1. The molecule has 0 saturated heterocycles. The van der Waals surface area contributed by atoms with Crippen LogP contribution in [0.15, 0.2) is 64.6 Å². The summed E-state index contributed by atoms with van der Waals surface area (Å²) in [5.41, 5.74) is 3.85. The molecule has 3 heterocycles. The standard InChI is InChI=1S/C26H22N2O4S/c1-16(22-9-5-13-33-22)27-23(29)15-32-26(30)24-19-7-2-3-8-21(19)28-25-17(10-11-20(24)25)14-18-6-4-12-31-18/h2-9,12-14,16H,10-11,15H2,1H3,(H,27,29)/b17-14+. The number of pyridine rings is 1. The molecule has 0 aliphatic heterocycles. The number of para-hydroxylation sites is 1. The maximum atomic E-state index is 13.2. The van der Waals surface area contributed by atoms with E-state index in [1.165, 1.54) is 0 Å². The highest BCUT2D eigenvalue weighted by molar-refractivity contribution is 7.10. The van der Waals surface area contributed by atoms with Crippen molar-refractivity contribution in [2.45, 2.75) is 25.8 Å². The average Bonchev–Trinajstić information content (AvgIpc) is 3.59. The molecule has 0 radical (unpaired) electrons.